The Bertz CT molecular complexity index is 2250. The first kappa shape index (κ1) is 32.0. The number of carbonyl (C=O) groups excluding carboxylic acids is 2. The fourth-order valence-corrected chi connectivity index (χ4v) is 5.56. The number of pyridine rings is 2. The van der Waals surface area contributed by atoms with Crippen LogP contribution in [0, 0.1) is 17.1 Å². The van der Waals surface area contributed by atoms with Crippen LogP contribution < -0.4 is 16.4 Å². The van der Waals surface area contributed by atoms with Crippen molar-refractivity contribution in [3.8, 4) is 23.0 Å². The zero-order chi connectivity index (χ0) is 34.2. The van der Waals surface area contributed by atoms with E-state index in [9.17, 15) is 24.4 Å². The molecule has 242 valence electrons. The van der Waals surface area contributed by atoms with Gasteiger partial charge in [0.25, 0.3) is 17.0 Å². The normalized spacial score (nSPS) is 13.3. The van der Waals surface area contributed by atoms with Gasteiger partial charge in [0.1, 0.15) is 17.3 Å². The third kappa shape index (κ3) is 5.85. The van der Waals surface area contributed by atoms with Crippen molar-refractivity contribution in [3.63, 3.8) is 0 Å². The molecule has 0 bridgehead atoms. The minimum absolute atomic E-state index is 0.0859. The van der Waals surface area contributed by atoms with Crippen molar-refractivity contribution < 1.29 is 18.7 Å². The maximum atomic E-state index is 15.4. The molecule has 1 N–H and O–H groups in total. The summed E-state index contributed by atoms with van der Waals surface area (Å²) in [4.78, 5) is 58.1. The van der Waals surface area contributed by atoms with Gasteiger partial charge in [-0.15, -0.1) is 0 Å². The lowest BCUT2D eigenvalue weighted by molar-refractivity contribution is 0.0302. The van der Waals surface area contributed by atoms with Crippen LogP contribution >= 0.6 is 0 Å². The zero-order valence-corrected chi connectivity index (χ0v) is 26.4. The van der Waals surface area contributed by atoms with Crippen molar-refractivity contribution in [2.75, 3.05) is 31.6 Å². The number of aryl methyl sites for hydroxylation is 1. The smallest absolute Gasteiger partial charge is 0.290 e. The molecule has 48 heavy (non-hydrogen) atoms. The summed E-state index contributed by atoms with van der Waals surface area (Å²) in [6.07, 6.45) is 3.44. The second-order valence-electron chi connectivity index (χ2n) is 11.8. The largest absolute Gasteiger partial charge is 0.378 e. The summed E-state index contributed by atoms with van der Waals surface area (Å²) in [5.74, 6) is -0.642. The molecular formula is C35H30FN7O5. The molecule has 0 radical (unpaired) electrons. The molecule has 1 fully saturated rings. The SMILES string of the molecule is Cn1nc(-c2cccc(-n3ccc4cc(C(C)(C)C#N)cc(F)c4c3=O)c2C=O)cc(Nc2ccc(C(=O)N3CCOCC3)cn2)c1=O. The number of hydrogen-bond acceptors (Lipinski definition) is 9. The molecule has 3 aromatic heterocycles. The maximum absolute atomic E-state index is 15.4. The van der Waals surface area contributed by atoms with E-state index in [4.69, 9.17) is 4.74 Å². The van der Waals surface area contributed by atoms with Crippen molar-refractivity contribution in [2.45, 2.75) is 19.3 Å². The van der Waals surface area contributed by atoms with E-state index in [1.165, 1.54) is 36.1 Å². The number of benzene rings is 2. The molecule has 0 aliphatic carbocycles. The van der Waals surface area contributed by atoms with E-state index in [1.807, 2.05) is 0 Å². The van der Waals surface area contributed by atoms with E-state index in [0.717, 1.165) is 4.68 Å². The Morgan fingerprint density at radius 1 is 1.08 bits per heavy atom. The fraction of sp³-hybridized carbons (Fsp3) is 0.229. The van der Waals surface area contributed by atoms with Crippen LogP contribution in [-0.4, -0.2) is 62.7 Å². The van der Waals surface area contributed by atoms with E-state index in [2.05, 4.69) is 21.5 Å². The summed E-state index contributed by atoms with van der Waals surface area (Å²) >= 11 is 0. The number of aldehydes is 1. The van der Waals surface area contributed by atoms with Crippen molar-refractivity contribution in [2.24, 2.45) is 7.05 Å². The topological polar surface area (TPSA) is 152 Å². The molecule has 1 saturated heterocycles. The summed E-state index contributed by atoms with van der Waals surface area (Å²) in [7, 11) is 1.46. The highest BCUT2D eigenvalue weighted by atomic mass is 19.1. The van der Waals surface area contributed by atoms with Crippen LogP contribution in [0.4, 0.5) is 15.9 Å². The Kier molecular flexibility index (Phi) is 8.43. The molecule has 5 aromatic rings. The van der Waals surface area contributed by atoms with Crippen LogP contribution in [0.15, 0.2) is 76.6 Å². The number of morpholine rings is 1. The zero-order valence-electron chi connectivity index (χ0n) is 26.4. The quantitative estimate of drug-likeness (QED) is 0.257. The molecule has 13 heteroatoms. The monoisotopic (exact) mass is 647 g/mol. The number of carbonyl (C=O) groups is 2. The van der Waals surface area contributed by atoms with Crippen LogP contribution in [0.2, 0.25) is 0 Å². The van der Waals surface area contributed by atoms with Crippen LogP contribution in [0.1, 0.15) is 40.1 Å². The molecule has 0 saturated carbocycles. The molecule has 0 unspecified atom stereocenters. The third-order valence-corrected chi connectivity index (χ3v) is 8.33. The van der Waals surface area contributed by atoms with Crippen LogP contribution in [0.5, 0.6) is 0 Å². The number of rotatable bonds is 7. The first-order valence-corrected chi connectivity index (χ1v) is 15.1. The first-order valence-electron chi connectivity index (χ1n) is 15.1. The number of ether oxygens (including phenoxy) is 1. The summed E-state index contributed by atoms with van der Waals surface area (Å²) in [5, 5.41) is 17.0. The Labute approximate surface area is 273 Å². The second kappa shape index (κ2) is 12.7. The minimum Gasteiger partial charge on any atom is -0.378 e. The molecule has 2 aromatic carbocycles. The Balaban J connectivity index is 1.36. The molecule has 4 heterocycles. The van der Waals surface area contributed by atoms with Gasteiger partial charge in [-0.2, -0.15) is 10.4 Å². The number of nitriles is 1. The molecule has 1 amide bonds. The maximum Gasteiger partial charge on any atom is 0.290 e. The Hall–Kier alpha value is -6.00. The van der Waals surface area contributed by atoms with E-state index in [1.54, 1.807) is 61.2 Å². The van der Waals surface area contributed by atoms with Gasteiger partial charge in [0, 0.05) is 43.7 Å². The highest BCUT2D eigenvalue weighted by Crippen LogP contribution is 2.30. The second-order valence-corrected chi connectivity index (χ2v) is 11.8. The highest BCUT2D eigenvalue weighted by Gasteiger charge is 2.24. The van der Waals surface area contributed by atoms with Crippen LogP contribution in [0.3, 0.4) is 0 Å². The van der Waals surface area contributed by atoms with Gasteiger partial charge in [-0.25, -0.2) is 14.1 Å². The number of nitrogens with zero attached hydrogens (tertiary/aromatic N) is 6. The number of hydrogen-bond donors (Lipinski definition) is 1. The van der Waals surface area contributed by atoms with Crippen molar-refractivity contribution in [1.82, 2.24) is 24.2 Å². The standard InChI is InChI=1S/C35H30FN7O5/c1-35(2,20-37)23-15-21-9-10-43(34(47)31(21)26(36)16-23)29-6-4-5-24(25(29)19-44)27-17-28(33(46)41(3)40-27)39-30-8-7-22(18-38-30)32(45)42-11-13-48-14-12-42/h4-10,15-19H,11-14H2,1-3H3,(H,38,39). The van der Waals surface area contributed by atoms with Gasteiger partial charge in [0.15, 0.2) is 6.29 Å². The van der Waals surface area contributed by atoms with Crippen molar-refractivity contribution in [3.05, 3.63) is 110 Å². The fourth-order valence-electron chi connectivity index (χ4n) is 5.56. The van der Waals surface area contributed by atoms with E-state index in [-0.39, 0.29) is 33.9 Å². The lowest BCUT2D eigenvalue weighted by Gasteiger charge is -2.26. The van der Waals surface area contributed by atoms with Gasteiger partial charge in [-0.3, -0.25) is 23.7 Å². The average molecular weight is 648 g/mol. The van der Waals surface area contributed by atoms with Crippen molar-refractivity contribution in [1.29, 1.82) is 5.26 Å². The average Bonchev–Trinajstić information content (AvgIpc) is 3.10. The van der Waals surface area contributed by atoms with Gasteiger partial charge < -0.3 is 15.0 Å². The highest BCUT2D eigenvalue weighted by molar-refractivity contribution is 5.94. The minimum atomic E-state index is -0.971. The van der Waals surface area contributed by atoms with Gasteiger partial charge in [0.05, 0.1) is 47.0 Å². The summed E-state index contributed by atoms with van der Waals surface area (Å²) in [6.45, 7) is 5.26. The van der Waals surface area contributed by atoms with Gasteiger partial charge in [-0.1, -0.05) is 12.1 Å². The number of anilines is 2. The predicted octanol–water partition coefficient (Wildman–Crippen LogP) is 4.12. The number of amides is 1. The molecule has 12 nitrogen and oxygen atoms in total. The lowest BCUT2D eigenvalue weighted by Crippen LogP contribution is -2.40. The van der Waals surface area contributed by atoms with Crippen LogP contribution in [-0.2, 0) is 17.2 Å². The van der Waals surface area contributed by atoms with Crippen LogP contribution in [0.25, 0.3) is 27.7 Å². The van der Waals surface area contributed by atoms with Gasteiger partial charge >= 0.3 is 0 Å². The van der Waals surface area contributed by atoms with Crippen molar-refractivity contribution >= 4 is 34.5 Å². The summed E-state index contributed by atoms with van der Waals surface area (Å²) in [6, 6.07) is 15.9. The third-order valence-electron chi connectivity index (χ3n) is 8.33. The molecular weight excluding hydrogens is 617 g/mol. The van der Waals surface area contributed by atoms with Gasteiger partial charge in [0.2, 0.25) is 0 Å². The predicted molar refractivity (Wildman–Crippen MR) is 176 cm³/mol. The lowest BCUT2D eigenvalue weighted by atomic mass is 9.85. The summed E-state index contributed by atoms with van der Waals surface area (Å²) in [5.41, 5.74) is -0.377. The number of nitrogens with one attached hydrogen (secondary N) is 1. The number of fused-ring (bicyclic) bond motifs is 1. The number of halogens is 1. The molecule has 1 aliphatic rings. The van der Waals surface area contributed by atoms with E-state index < -0.39 is 22.4 Å². The molecule has 1 aliphatic heterocycles. The Morgan fingerprint density at radius 3 is 2.54 bits per heavy atom. The first-order chi connectivity index (χ1) is 23.0. The van der Waals surface area contributed by atoms with Gasteiger partial charge in [-0.05, 0) is 67.3 Å². The number of aromatic nitrogens is 4. The van der Waals surface area contributed by atoms with E-state index >= 15 is 4.39 Å². The van der Waals surface area contributed by atoms with E-state index in [0.29, 0.717) is 60.5 Å². The molecule has 6 rings (SSSR count). The Morgan fingerprint density at radius 2 is 1.85 bits per heavy atom. The summed E-state index contributed by atoms with van der Waals surface area (Å²) < 4.78 is 23.0. The molecule has 0 atom stereocenters. The molecule has 0 spiro atoms.